The fourth-order valence-electron chi connectivity index (χ4n) is 10.1. The van der Waals surface area contributed by atoms with Gasteiger partial charge in [0.25, 0.3) is 11.8 Å². The zero-order valence-electron chi connectivity index (χ0n) is 39.9. The summed E-state index contributed by atoms with van der Waals surface area (Å²) in [4.78, 5) is 79.4. The average Bonchev–Trinajstić information content (AvgIpc) is 4.33. The molecule has 19 heteroatoms. The Morgan fingerprint density at radius 3 is 1.67 bits per heavy atom. The number of benzene rings is 2. The number of amides is 4. The molecule has 372 valence electrons. The molecule has 8 heterocycles. The smallest absolute Gasteiger partial charge is 0.261 e. The van der Waals surface area contributed by atoms with Gasteiger partial charge in [-0.05, 0) is 126 Å². The van der Waals surface area contributed by atoms with Crippen molar-refractivity contribution in [3.05, 3.63) is 148 Å². The number of nitrogens with zero attached hydrogens (tertiary/aromatic N) is 9. The Morgan fingerprint density at radius 1 is 0.625 bits per heavy atom. The first-order valence-electron chi connectivity index (χ1n) is 23.3. The summed E-state index contributed by atoms with van der Waals surface area (Å²) < 4.78 is 25.1. The van der Waals surface area contributed by atoms with Crippen LogP contribution in [0.3, 0.4) is 0 Å². The first-order chi connectivity index (χ1) is 34.2. The van der Waals surface area contributed by atoms with Crippen LogP contribution in [0.15, 0.2) is 124 Å². The number of hydrogen-bond donors (Lipinski definition) is 1. The van der Waals surface area contributed by atoms with E-state index in [2.05, 4.69) is 46.0 Å². The maximum atomic E-state index is 13.9. The number of hydrogen-bond acceptors (Lipinski definition) is 12. The van der Waals surface area contributed by atoms with Crippen molar-refractivity contribution in [1.29, 1.82) is 0 Å². The van der Waals surface area contributed by atoms with E-state index in [1.165, 1.54) is 0 Å². The molecule has 6 unspecified atom stereocenters. The molecule has 16 nitrogen and oxygen atoms in total. The summed E-state index contributed by atoms with van der Waals surface area (Å²) in [6, 6.07) is 25.6. The van der Waals surface area contributed by atoms with E-state index in [1.54, 1.807) is 77.2 Å². The number of aromatic nitrogens is 4. The predicted octanol–water partition coefficient (Wildman–Crippen LogP) is 7.76. The van der Waals surface area contributed by atoms with Gasteiger partial charge in [-0.2, -0.15) is 0 Å². The summed E-state index contributed by atoms with van der Waals surface area (Å²) in [5.41, 5.74) is 6.06. The number of fused-ring (bicyclic) bond motifs is 4. The quantitative estimate of drug-likeness (QED) is 0.154. The van der Waals surface area contributed by atoms with Crippen LogP contribution in [0.1, 0.15) is 102 Å². The Kier molecular flexibility index (Phi) is 14.0. The number of halogens is 1. The van der Waals surface area contributed by atoms with Crippen LogP contribution in [0.2, 0.25) is 0 Å². The van der Waals surface area contributed by atoms with E-state index < -0.39 is 27.6 Å². The molecule has 4 aromatic heterocycles. The fraction of sp³-hybridized carbons (Fsp3) is 0.321. The molecular weight excluding hydrogens is 1020 g/mol. The molecule has 2 fully saturated rings. The van der Waals surface area contributed by atoms with Gasteiger partial charge in [0.15, 0.2) is 11.6 Å². The molecule has 6 aromatic rings. The van der Waals surface area contributed by atoms with Gasteiger partial charge in [0.05, 0.1) is 66.0 Å². The zero-order chi connectivity index (χ0) is 50.0. The van der Waals surface area contributed by atoms with Crippen LogP contribution >= 0.6 is 15.9 Å². The predicted molar refractivity (Wildman–Crippen MR) is 284 cm³/mol. The number of likely N-dealkylation sites (N-methyl/N-ethyl adjacent to an activating group) is 2. The molecular formula is C53H55BrN10O6S2. The average molecular weight is 1070 g/mol. The molecule has 6 aliphatic rings. The number of carbonyl (C=O) groups is 4. The highest BCUT2D eigenvalue weighted by molar-refractivity contribution is 9.10. The topological polar surface area (TPSA) is 182 Å². The summed E-state index contributed by atoms with van der Waals surface area (Å²) in [7, 11) is 1.07. The lowest BCUT2D eigenvalue weighted by molar-refractivity contribution is -0.120. The van der Waals surface area contributed by atoms with E-state index in [0.29, 0.717) is 38.6 Å². The molecule has 4 amide bonds. The van der Waals surface area contributed by atoms with Crippen LogP contribution in [0.5, 0.6) is 0 Å². The van der Waals surface area contributed by atoms with Gasteiger partial charge >= 0.3 is 0 Å². The molecule has 2 aliphatic carbocycles. The van der Waals surface area contributed by atoms with Crippen LogP contribution in [-0.4, -0.2) is 103 Å². The van der Waals surface area contributed by atoms with Crippen molar-refractivity contribution < 1.29 is 27.6 Å². The third-order valence-corrected chi connectivity index (χ3v) is 16.1. The summed E-state index contributed by atoms with van der Waals surface area (Å²) >= 11 is 3.40. The van der Waals surface area contributed by atoms with Gasteiger partial charge < -0.3 is 24.9 Å². The number of nitrogens with one attached hydrogen (secondary N) is 1. The lowest BCUT2D eigenvalue weighted by atomic mass is 9.99. The Hall–Kier alpha value is -6.70. The second kappa shape index (κ2) is 20.1. The second-order valence-electron chi connectivity index (χ2n) is 18.3. The third-order valence-electron chi connectivity index (χ3n) is 13.8. The minimum absolute atomic E-state index is 0. The number of anilines is 5. The van der Waals surface area contributed by atoms with Gasteiger partial charge in [0.2, 0.25) is 11.8 Å². The van der Waals surface area contributed by atoms with Crippen molar-refractivity contribution in [2.45, 2.75) is 93.0 Å². The van der Waals surface area contributed by atoms with Gasteiger partial charge in [-0.3, -0.25) is 42.5 Å². The summed E-state index contributed by atoms with van der Waals surface area (Å²) in [6.07, 6.45) is 14.4. The van der Waals surface area contributed by atoms with E-state index in [0.717, 1.165) is 69.7 Å². The number of rotatable bonds is 7. The summed E-state index contributed by atoms with van der Waals surface area (Å²) in [5, 5.41) is 2.92. The largest absolute Gasteiger partial charge is 0.341 e. The molecule has 6 atom stereocenters. The number of pyridine rings is 4. The van der Waals surface area contributed by atoms with Crippen molar-refractivity contribution in [3.8, 4) is 0 Å². The van der Waals surface area contributed by atoms with Crippen LogP contribution in [0.4, 0.5) is 28.8 Å². The van der Waals surface area contributed by atoms with Gasteiger partial charge in [-0.25, -0.2) is 9.97 Å². The van der Waals surface area contributed by atoms with E-state index in [9.17, 15) is 27.6 Å². The van der Waals surface area contributed by atoms with Crippen molar-refractivity contribution in [2.24, 2.45) is 0 Å². The molecule has 4 aliphatic heterocycles. The zero-order valence-corrected chi connectivity index (χ0v) is 43.1. The third kappa shape index (κ3) is 8.99. The molecule has 1 N–H and O–H groups in total. The van der Waals surface area contributed by atoms with Gasteiger partial charge in [0, 0.05) is 63.5 Å². The van der Waals surface area contributed by atoms with Gasteiger partial charge in [-0.1, -0.05) is 43.8 Å². The van der Waals surface area contributed by atoms with Crippen molar-refractivity contribution in [3.63, 3.8) is 0 Å². The minimum atomic E-state index is -1.33. The molecule has 72 heavy (non-hydrogen) atoms. The fourth-order valence-corrected chi connectivity index (χ4v) is 11.9. The van der Waals surface area contributed by atoms with E-state index in [-0.39, 0.29) is 55.2 Å². The van der Waals surface area contributed by atoms with Crippen LogP contribution in [0, 0.1) is 0 Å². The van der Waals surface area contributed by atoms with E-state index >= 15 is 0 Å². The highest BCUT2D eigenvalue weighted by Gasteiger charge is 2.46. The van der Waals surface area contributed by atoms with Crippen molar-refractivity contribution in [1.82, 2.24) is 25.3 Å². The Labute approximate surface area is 432 Å². The Balaban J connectivity index is 0.000000146. The normalized spacial score (nSPS) is 21.5. The van der Waals surface area contributed by atoms with Crippen molar-refractivity contribution >= 4 is 90.0 Å². The summed E-state index contributed by atoms with van der Waals surface area (Å²) in [5.74, 6) is 1.91. The standard InChI is InChI=1S/C26H25N5O3S.C14H12N2O2S.C12H14BrN3O.CH4/c1-15-25(32)29(2)19-11-12-21(28-24(19)30(15)17-9-10-17)31-23(16-6-5-13-27-14-16)18-7-4-8-20(35(3)34)22(18)26(31)33;1-19(18)11-6-2-5-10-12(11)14(17)16-13(10)9-4-3-7-15-8-9;1-7-12(17)15(2)9-5-6-10(13)14-11(9)16(7)8-3-4-8;/h4-8,11-15,17,23H,9-10H2,1-3H3;2-8,13H,1H3,(H,16,17);5-8H,3-4H2,1-2H3;1H4. The van der Waals surface area contributed by atoms with Crippen molar-refractivity contribution in [2.75, 3.05) is 51.1 Å². The summed E-state index contributed by atoms with van der Waals surface area (Å²) in [6.45, 7) is 3.87. The molecule has 0 bridgehead atoms. The Bertz CT molecular complexity index is 3180. The highest BCUT2D eigenvalue weighted by atomic mass is 79.9. The molecule has 0 radical (unpaired) electrons. The van der Waals surface area contributed by atoms with Gasteiger partial charge in [0.1, 0.15) is 22.5 Å². The number of carbonyl (C=O) groups excluding carboxylic acids is 4. The van der Waals surface area contributed by atoms with Gasteiger partial charge in [-0.15, -0.1) is 0 Å². The molecule has 12 rings (SSSR count). The minimum Gasteiger partial charge on any atom is -0.341 e. The first-order valence-corrected chi connectivity index (χ1v) is 27.2. The highest BCUT2D eigenvalue weighted by Crippen LogP contribution is 2.47. The maximum absolute atomic E-state index is 13.9. The van der Waals surface area contributed by atoms with E-state index in [1.807, 2.05) is 87.6 Å². The lowest BCUT2D eigenvalue weighted by Gasteiger charge is -2.40. The monoisotopic (exact) mass is 1070 g/mol. The molecule has 0 spiro atoms. The maximum Gasteiger partial charge on any atom is 0.261 e. The van der Waals surface area contributed by atoms with E-state index in [4.69, 9.17) is 4.98 Å². The Morgan fingerprint density at radius 2 is 1.14 bits per heavy atom. The van der Waals surface area contributed by atoms with Crippen LogP contribution in [0.25, 0.3) is 0 Å². The lowest BCUT2D eigenvalue weighted by Crippen LogP contribution is -2.52. The first kappa shape index (κ1) is 50.2. The molecule has 0 saturated heterocycles. The SMILES string of the molecule is C.CC1C(=O)N(C)c2ccc(Br)nc2N1C1CC1.CC1C(=O)N(C)c2ccc(N3C(=O)c4c(cccc4S(C)=O)C3c3cccnc3)nc2N1C1CC1.CS(=O)c1cccc2c1C(=O)NC2c1cccnc1. The van der Waals surface area contributed by atoms with Crippen LogP contribution < -0.4 is 29.8 Å². The second-order valence-corrected chi connectivity index (χ2v) is 21.8. The molecule has 2 aromatic carbocycles. The van der Waals surface area contributed by atoms with Crippen LogP contribution in [-0.2, 0) is 31.2 Å². The molecule has 2 saturated carbocycles.